The molecule has 1 aliphatic rings. The SMILES string of the molecule is CC[C@@H]1CCCCN1C(=O)[C@H](C)OC(=O)c1ccccc1Nc1ccccc1. The maximum Gasteiger partial charge on any atom is 0.341 e. The van der Waals surface area contributed by atoms with Crippen LogP contribution < -0.4 is 5.32 Å². The van der Waals surface area contributed by atoms with Crippen LogP contribution in [0.2, 0.25) is 0 Å². The Bertz CT molecular complexity index is 807. The number of likely N-dealkylation sites (tertiary alicyclic amines) is 1. The number of esters is 1. The van der Waals surface area contributed by atoms with Gasteiger partial charge in [-0.1, -0.05) is 37.3 Å². The van der Waals surface area contributed by atoms with E-state index in [-0.39, 0.29) is 11.9 Å². The molecule has 0 unspecified atom stereocenters. The Morgan fingerprint density at radius 2 is 1.82 bits per heavy atom. The van der Waals surface area contributed by atoms with Gasteiger partial charge in [0.25, 0.3) is 5.91 Å². The molecule has 0 bridgehead atoms. The first-order valence-corrected chi connectivity index (χ1v) is 10.0. The van der Waals surface area contributed by atoms with Gasteiger partial charge in [0.05, 0.1) is 11.3 Å². The highest BCUT2D eigenvalue weighted by Gasteiger charge is 2.30. The summed E-state index contributed by atoms with van der Waals surface area (Å²) in [5.41, 5.74) is 1.95. The van der Waals surface area contributed by atoms with Crippen molar-refractivity contribution in [3.8, 4) is 0 Å². The zero-order valence-electron chi connectivity index (χ0n) is 16.6. The molecule has 1 saturated heterocycles. The number of para-hydroxylation sites is 2. The van der Waals surface area contributed by atoms with Gasteiger partial charge in [-0.3, -0.25) is 4.79 Å². The molecular weight excluding hydrogens is 352 g/mol. The van der Waals surface area contributed by atoms with Crippen LogP contribution >= 0.6 is 0 Å². The number of nitrogens with one attached hydrogen (secondary N) is 1. The minimum atomic E-state index is -0.801. The number of anilines is 2. The van der Waals surface area contributed by atoms with E-state index in [0.29, 0.717) is 11.3 Å². The molecule has 5 nitrogen and oxygen atoms in total. The van der Waals surface area contributed by atoms with Gasteiger partial charge in [0.2, 0.25) is 0 Å². The standard InChI is InChI=1S/C23H28N2O3/c1-3-19-13-9-10-16-25(19)22(26)17(2)28-23(27)20-14-7-8-15-21(20)24-18-11-5-4-6-12-18/h4-8,11-12,14-15,17,19,24H,3,9-10,13,16H2,1-2H3/t17-,19+/m0/s1. The van der Waals surface area contributed by atoms with E-state index in [2.05, 4.69) is 12.2 Å². The van der Waals surface area contributed by atoms with Crippen molar-refractivity contribution in [2.24, 2.45) is 0 Å². The van der Waals surface area contributed by atoms with Crippen LogP contribution in [0.1, 0.15) is 49.9 Å². The van der Waals surface area contributed by atoms with Gasteiger partial charge in [-0.2, -0.15) is 0 Å². The minimum absolute atomic E-state index is 0.103. The molecule has 2 aromatic carbocycles. The lowest BCUT2D eigenvalue weighted by Crippen LogP contribution is -2.48. The van der Waals surface area contributed by atoms with Gasteiger partial charge in [0.15, 0.2) is 6.10 Å². The Balaban J connectivity index is 1.69. The lowest BCUT2D eigenvalue weighted by atomic mass is 9.99. The van der Waals surface area contributed by atoms with Gasteiger partial charge in [0, 0.05) is 18.3 Å². The van der Waals surface area contributed by atoms with E-state index in [1.807, 2.05) is 47.4 Å². The number of ether oxygens (including phenoxy) is 1. The summed E-state index contributed by atoms with van der Waals surface area (Å²) < 4.78 is 5.55. The summed E-state index contributed by atoms with van der Waals surface area (Å²) in [4.78, 5) is 27.5. The van der Waals surface area contributed by atoms with E-state index in [1.165, 1.54) is 0 Å². The number of amides is 1. The van der Waals surface area contributed by atoms with Crippen molar-refractivity contribution in [3.63, 3.8) is 0 Å². The Hall–Kier alpha value is -2.82. The first-order valence-electron chi connectivity index (χ1n) is 10.0. The highest BCUT2D eigenvalue weighted by molar-refractivity contribution is 5.98. The molecule has 2 aromatic rings. The summed E-state index contributed by atoms with van der Waals surface area (Å²) in [6.07, 6.45) is 3.30. The molecule has 3 rings (SSSR count). The lowest BCUT2D eigenvalue weighted by molar-refractivity contribution is -0.143. The first kappa shape index (κ1) is 19.9. The fraction of sp³-hybridized carbons (Fsp3) is 0.391. The molecule has 5 heteroatoms. The van der Waals surface area contributed by atoms with Gasteiger partial charge in [-0.05, 0) is 56.9 Å². The van der Waals surface area contributed by atoms with Gasteiger partial charge in [0.1, 0.15) is 0 Å². The summed E-state index contributed by atoms with van der Waals surface area (Å²) in [7, 11) is 0. The average Bonchev–Trinajstić information content (AvgIpc) is 2.74. The number of carbonyl (C=O) groups is 2. The molecule has 1 N–H and O–H groups in total. The Labute approximate surface area is 166 Å². The summed E-state index contributed by atoms with van der Waals surface area (Å²) in [6.45, 7) is 4.50. The zero-order chi connectivity index (χ0) is 19.9. The maximum atomic E-state index is 12.8. The second-order valence-corrected chi connectivity index (χ2v) is 7.17. The molecule has 0 aromatic heterocycles. The van der Waals surface area contributed by atoms with Crippen LogP contribution in [0.3, 0.4) is 0 Å². The fourth-order valence-corrected chi connectivity index (χ4v) is 3.67. The molecular formula is C23H28N2O3. The van der Waals surface area contributed by atoms with E-state index in [1.54, 1.807) is 19.1 Å². The Morgan fingerprint density at radius 3 is 2.57 bits per heavy atom. The molecule has 28 heavy (non-hydrogen) atoms. The predicted octanol–water partition coefficient (Wildman–Crippen LogP) is 4.77. The zero-order valence-corrected chi connectivity index (χ0v) is 16.6. The van der Waals surface area contributed by atoms with Crippen molar-refractivity contribution < 1.29 is 14.3 Å². The molecule has 2 atom stereocenters. The smallest absolute Gasteiger partial charge is 0.341 e. The lowest BCUT2D eigenvalue weighted by Gasteiger charge is -2.36. The van der Waals surface area contributed by atoms with Crippen LogP contribution in [0, 0.1) is 0 Å². The van der Waals surface area contributed by atoms with E-state index in [9.17, 15) is 9.59 Å². The molecule has 0 spiro atoms. The van der Waals surface area contributed by atoms with Crippen LogP contribution in [0.4, 0.5) is 11.4 Å². The summed E-state index contributed by atoms with van der Waals surface area (Å²) >= 11 is 0. The van der Waals surface area contributed by atoms with Crippen LogP contribution in [0.15, 0.2) is 54.6 Å². The molecule has 0 radical (unpaired) electrons. The predicted molar refractivity (Wildman–Crippen MR) is 111 cm³/mol. The number of nitrogens with zero attached hydrogens (tertiary/aromatic N) is 1. The molecule has 0 aliphatic carbocycles. The highest BCUT2D eigenvalue weighted by Crippen LogP contribution is 2.24. The number of piperidine rings is 1. The number of carbonyl (C=O) groups excluding carboxylic acids is 2. The van der Waals surface area contributed by atoms with Crippen molar-refractivity contribution in [2.45, 2.75) is 51.7 Å². The molecule has 148 valence electrons. The molecule has 1 amide bonds. The Kier molecular flexibility index (Phi) is 6.69. The number of hydrogen-bond donors (Lipinski definition) is 1. The number of hydrogen-bond acceptors (Lipinski definition) is 4. The second-order valence-electron chi connectivity index (χ2n) is 7.17. The normalized spacial score (nSPS) is 17.6. The van der Waals surface area contributed by atoms with Crippen LogP contribution in [0.25, 0.3) is 0 Å². The van der Waals surface area contributed by atoms with Crippen molar-refractivity contribution in [2.75, 3.05) is 11.9 Å². The van der Waals surface area contributed by atoms with Gasteiger partial charge in [-0.25, -0.2) is 4.79 Å². The average molecular weight is 380 g/mol. The third-order valence-corrected chi connectivity index (χ3v) is 5.21. The van der Waals surface area contributed by atoms with Crippen LogP contribution in [-0.2, 0) is 9.53 Å². The van der Waals surface area contributed by atoms with E-state index >= 15 is 0 Å². The summed E-state index contributed by atoms with van der Waals surface area (Å²) in [6, 6.07) is 17.1. The third kappa shape index (κ3) is 4.71. The number of rotatable bonds is 6. The second kappa shape index (κ2) is 9.40. The molecule has 1 heterocycles. The van der Waals surface area contributed by atoms with E-state index in [0.717, 1.165) is 37.9 Å². The van der Waals surface area contributed by atoms with Crippen molar-refractivity contribution in [3.05, 3.63) is 60.2 Å². The first-order chi connectivity index (χ1) is 13.6. The van der Waals surface area contributed by atoms with E-state index in [4.69, 9.17) is 4.74 Å². The number of benzene rings is 2. The van der Waals surface area contributed by atoms with Crippen molar-refractivity contribution in [1.29, 1.82) is 0 Å². The van der Waals surface area contributed by atoms with Crippen molar-refractivity contribution >= 4 is 23.3 Å². The van der Waals surface area contributed by atoms with Crippen LogP contribution in [0.5, 0.6) is 0 Å². The van der Waals surface area contributed by atoms with Gasteiger partial charge < -0.3 is 15.0 Å². The molecule has 1 aliphatic heterocycles. The van der Waals surface area contributed by atoms with Gasteiger partial charge in [-0.15, -0.1) is 0 Å². The largest absolute Gasteiger partial charge is 0.449 e. The summed E-state index contributed by atoms with van der Waals surface area (Å²) in [5.74, 6) is -0.599. The van der Waals surface area contributed by atoms with Crippen LogP contribution in [-0.4, -0.2) is 35.5 Å². The summed E-state index contributed by atoms with van der Waals surface area (Å²) in [5, 5.41) is 3.24. The highest BCUT2D eigenvalue weighted by atomic mass is 16.5. The monoisotopic (exact) mass is 380 g/mol. The van der Waals surface area contributed by atoms with Gasteiger partial charge >= 0.3 is 5.97 Å². The third-order valence-electron chi connectivity index (χ3n) is 5.21. The minimum Gasteiger partial charge on any atom is -0.449 e. The maximum absolute atomic E-state index is 12.8. The quantitative estimate of drug-likeness (QED) is 0.734. The van der Waals surface area contributed by atoms with Crippen molar-refractivity contribution in [1.82, 2.24) is 4.90 Å². The molecule has 1 fully saturated rings. The fourth-order valence-electron chi connectivity index (χ4n) is 3.67. The topological polar surface area (TPSA) is 58.6 Å². The molecule has 0 saturated carbocycles. The van der Waals surface area contributed by atoms with E-state index < -0.39 is 12.1 Å². The Morgan fingerprint density at radius 1 is 1.11 bits per heavy atom.